The number of likely N-dealkylation sites (N-methyl/N-ethyl adjacent to an activating group) is 1. The van der Waals surface area contributed by atoms with Crippen molar-refractivity contribution < 1.29 is 0 Å². The monoisotopic (exact) mass is 261 g/mol. The molecule has 0 aliphatic carbocycles. The predicted octanol–water partition coefficient (Wildman–Crippen LogP) is 0.298. The number of nitrogens with zero attached hydrogens (tertiary/aromatic N) is 5. The van der Waals surface area contributed by atoms with Gasteiger partial charge in [0.1, 0.15) is 6.33 Å². The average Bonchev–Trinajstić information content (AvgIpc) is 2.44. The van der Waals surface area contributed by atoms with Crippen LogP contribution in [-0.4, -0.2) is 76.5 Å². The highest BCUT2D eigenvalue weighted by molar-refractivity contribution is 5.04. The molecule has 2 fully saturated rings. The summed E-state index contributed by atoms with van der Waals surface area (Å²) in [6, 6.07) is 0.767. The molecule has 0 amide bonds. The zero-order chi connectivity index (χ0) is 13.1. The standard InChI is InChI=1S/C14H23N5/c1-2-17-3-5-19(6-4-17)14-10-18(11-14)9-13-7-15-12-16-8-13/h7-8,12,14H,2-6,9-11H2,1H3. The van der Waals surface area contributed by atoms with Crippen LogP contribution in [0.25, 0.3) is 0 Å². The van der Waals surface area contributed by atoms with Crippen molar-refractivity contribution in [2.75, 3.05) is 45.8 Å². The fraction of sp³-hybridized carbons (Fsp3) is 0.714. The number of aromatic nitrogens is 2. The number of hydrogen-bond acceptors (Lipinski definition) is 5. The molecule has 3 rings (SSSR count). The topological polar surface area (TPSA) is 35.5 Å². The van der Waals surface area contributed by atoms with Gasteiger partial charge in [-0.15, -0.1) is 0 Å². The Kier molecular flexibility index (Phi) is 4.06. The van der Waals surface area contributed by atoms with Gasteiger partial charge in [-0.05, 0) is 6.54 Å². The minimum Gasteiger partial charge on any atom is -0.301 e. The summed E-state index contributed by atoms with van der Waals surface area (Å²) in [4.78, 5) is 15.8. The van der Waals surface area contributed by atoms with Gasteiger partial charge in [0, 0.05) is 69.8 Å². The number of hydrogen-bond donors (Lipinski definition) is 0. The molecular weight excluding hydrogens is 238 g/mol. The van der Waals surface area contributed by atoms with Crippen LogP contribution in [-0.2, 0) is 6.54 Å². The van der Waals surface area contributed by atoms with E-state index >= 15 is 0 Å². The van der Waals surface area contributed by atoms with Crippen molar-refractivity contribution in [2.24, 2.45) is 0 Å². The molecule has 0 aromatic carbocycles. The van der Waals surface area contributed by atoms with Crippen molar-refractivity contribution in [3.63, 3.8) is 0 Å². The van der Waals surface area contributed by atoms with Crippen LogP contribution in [0.5, 0.6) is 0 Å². The smallest absolute Gasteiger partial charge is 0.115 e. The Balaban J connectivity index is 1.41. The first kappa shape index (κ1) is 13.0. The zero-order valence-electron chi connectivity index (χ0n) is 11.7. The Hall–Kier alpha value is -1.04. The van der Waals surface area contributed by atoms with E-state index in [1.54, 1.807) is 6.33 Å². The van der Waals surface area contributed by atoms with E-state index in [9.17, 15) is 0 Å². The van der Waals surface area contributed by atoms with Gasteiger partial charge in [-0.1, -0.05) is 6.92 Å². The van der Waals surface area contributed by atoms with E-state index in [4.69, 9.17) is 0 Å². The summed E-state index contributed by atoms with van der Waals surface area (Å²) in [5, 5.41) is 0. The molecule has 5 nitrogen and oxygen atoms in total. The van der Waals surface area contributed by atoms with Crippen LogP contribution in [0, 0.1) is 0 Å². The van der Waals surface area contributed by atoms with E-state index < -0.39 is 0 Å². The largest absolute Gasteiger partial charge is 0.301 e. The molecule has 0 atom stereocenters. The van der Waals surface area contributed by atoms with E-state index in [0.29, 0.717) is 0 Å². The van der Waals surface area contributed by atoms with Crippen molar-refractivity contribution in [2.45, 2.75) is 19.5 Å². The molecule has 0 bridgehead atoms. The lowest BCUT2D eigenvalue weighted by Crippen LogP contribution is -2.62. The van der Waals surface area contributed by atoms with Gasteiger partial charge >= 0.3 is 0 Å². The fourth-order valence-electron chi connectivity index (χ4n) is 3.02. The van der Waals surface area contributed by atoms with E-state index in [-0.39, 0.29) is 0 Å². The lowest BCUT2D eigenvalue weighted by Gasteiger charge is -2.48. The van der Waals surface area contributed by atoms with E-state index in [1.165, 1.54) is 51.4 Å². The van der Waals surface area contributed by atoms with E-state index in [0.717, 1.165) is 12.6 Å². The first-order chi connectivity index (χ1) is 9.35. The van der Waals surface area contributed by atoms with Crippen LogP contribution in [0.2, 0.25) is 0 Å². The maximum absolute atomic E-state index is 4.07. The average molecular weight is 261 g/mol. The Morgan fingerprint density at radius 1 is 1.05 bits per heavy atom. The van der Waals surface area contributed by atoms with Crippen molar-refractivity contribution in [1.82, 2.24) is 24.7 Å². The van der Waals surface area contributed by atoms with Crippen molar-refractivity contribution in [3.05, 3.63) is 24.3 Å². The molecule has 0 radical (unpaired) electrons. The summed E-state index contributed by atoms with van der Waals surface area (Å²) in [5.74, 6) is 0. The van der Waals surface area contributed by atoms with Gasteiger partial charge in [-0.3, -0.25) is 9.80 Å². The van der Waals surface area contributed by atoms with E-state index in [2.05, 4.69) is 31.6 Å². The lowest BCUT2D eigenvalue weighted by molar-refractivity contribution is 0.00204. The molecule has 2 aliphatic rings. The van der Waals surface area contributed by atoms with Gasteiger partial charge in [0.15, 0.2) is 0 Å². The molecule has 0 spiro atoms. The highest BCUT2D eigenvalue weighted by atomic mass is 15.3. The minimum absolute atomic E-state index is 0.767. The summed E-state index contributed by atoms with van der Waals surface area (Å²) >= 11 is 0. The Morgan fingerprint density at radius 3 is 2.37 bits per heavy atom. The number of likely N-dealkylation sites (tertiary alicyclic amines) is 1. The van der Waals surface area contributed by atoms with Crippen LogP contribution >= 0.6 is 0 Å². The number of rotatable bonds is 4. The Bertz CT molecular complexity index is 382. The molecule has 1 aromatic heterocycles. The SMILES string of the molecule is CCN1CCN(C2CN(Cc3cncnc3)C2)CC1. The molecule has 0 unspecified atom stereocenters. The molecule has 2 saturated heterocycles. The lowest BCUT2D eigenvalue weighted by atomic mass is 10.1. The second-order valence-electron chi connectivity index (χ2n) is 5.56. The molecule has 1 aromatic rings. The summed E-state index contributed by atoms with van der Waals surface area (Å²) in [6.07, 6.45) is 5.43. The van der Waals surface area contributed by atoms with Gasteiger partial charge in [0.05, 0.1) is 0 Å². The van der Waals surface area contributed by atoms with Crippen LogP contribution in [0.3, 0.4) is 0 Å². The molecule has 2 aliphatic heterocycles. The minimum atomic E-state index is 0.767. The summed E-state index contributed by atoms with van der Waals surface area (Å²) in [7, 11) is 0. The van der Waals surface area contributed by atoms with Crippen LogP contribution in [0.1, 0.15) is 12.5 Å². The molecule has 104 valence electrons. The normalized spacial score (nSPS) is 23.4. The van der Waals surface area contributed by atoms with Gasteiger partial charge in [-0.2, -0.15) is 0 Å². The zero-order valence-corrected chi connectivity index (χ0v) is 11.7. The third-order valence-corrected chi connectivity index (χ3v) is 4.33. The van der Waals surface area contributed by atoms with Gasteiger partial charge < -0.3 is 4.90 Å². The molecule has 3 heterocycles. The van der Waals surface area contributed by atoms with Crippen LogP contribution < -0.4 is 0 Å². The van der Waals surface area contributed by atoms with Gasteiger partial charge in [-0.25, -0.2) is 9.97 Å². The number of piperazine rings is 1. The van der Waals surface area contributed by atoms with Crippen molar-refractivity contribution in [1.29, 1.82) is 0 Å². The summed E-state index contributed by atoms with van der Waals surface area (Å²) < 4.78 is 0. The molecule has 5 heteroatoms. The maximum atomic E-state index is 4.07. The summed E-state index contributed by atoms with van der Waals surface area (Å²) in [6.45, 7) is 11.8. The van der Waals surface area contributed by atoms with Crippen molar-refractivity contribution >= 4 is 0 Å². The maximum Gasteiger partial charge on any atom is 0.115 e. The second kappa shape index (κ2) is 5.94. The van der Waals surface area contributed by atoms with Crippen molar-refractivity contribution in [3.8, 4) is 0 Å². The highest BCUT2D eigenvalue weighted by Gasteiger charge is 2.32. The molecular formula is C14H23N5. The molecule has 19 heavy (non-hydrogen) atoms. The first-order valence-electron chi connectivity index (χ1n) is 7.28. The third-order valence-electron chi connectivity index (χ3n) is 4.33. The van der Waals surface area contributed by atoms with E-state index in [1.807, 2.05) is 12.4 Å². The molecule has 0 saturated carbocycles. The first-order valence-corrected chi connectivity index (χ1v) is 7.28. The third kappa shape index (κ3) is 3.11. The quantitative estimate of drug-likeness (QED) is 0.779. The predicted molar refractivity (Wildman–Crippen MR) is 74.8 cm³/mol. The van der Waals surface area contributed by atoms with Crippen LogP contribution in [0.4, 0.5) is 0 Å². The highest BCUT2D eigenvalue weighted by Crippen LogP contribution is 2.18. The van der Waals surface area contributed by atoms with Gasteiger partial charge in [0.25, 0.3) is 0 Å². The van der Waals surface area contributed by atoms with Crippen LogP contribution in [0.15, 0.2) is 18.7 Å². The Morgan fingerprint density at radius 2 is 1.74 bits per heavy atom. The van der Waals surface area contributed by atoms with Gasteiger partial charge in [0.2, 0.25) is 0 Å². The fourth-order valence-corrected chi connectivity index (χ4v) is 3.02. The molecule has 0 N–H and O–H groups in total. The Labute approximate surface area is 115 Å². The second-order valence-corrected chi connectivity index (χ2v) is 5.56. The summed E-state index contributed by atoms with van der Waals surface area (Å²) in [5.41, 5.74) is 1.22.